The zero-order valence-corrected chi connectivity index (χ0v) is 16.3. The molecule has 2 aromatic carbocycles. The first kappa shape index (κ1) is 19.4. The summed E-state index contributed by atoms with van der Waals surface area (Å²) >= 11 is 0. The van der Waals surface area contributed by atoms with Gasteiger partial charge in [-0.3, -0.25) is 4.79 Å². The fourth-order valence-electron chi connectivity index (χ4n) is 2.68. The first-order valence-corrected chi connectivity index (χ1v) is 9.19. The summed E-state index contributed by atoms with van der Waals surface area (Å²) in [5, 5.41) is 6.06. The Morgan fingerprint density at radius 2 is 1.86 bits per heavy atom. The Morgan fingerprint density at radius 3 is 2.57 bits per heavy atom. The molecule has 3 rings (SSSR count). The topological polar surface area (TPSA) is 76.1 Å². The van der Waals surface area contributed by atoms with Crippen molar-refractivity contribution in [1.82, 2.24) is 15.3 Å². The van der Waals surface area contributed by atoms with Crippen LogP contribution in [0.3, 0.4) is 0 Å². The number of aromatic nitrogens is 2. The third-order valence-corrected chi connectivity index (χ3v) is 3.93. The van der Waals surface area contributed by atoms with E-state index in [-0.39, 0.29) is 12.0 Å². The molecule has 0 atom stereocenters. The predicted molar refractivity (Wildman–Crippen MR) is 110 cm³/mol. The van der Waals surface area contributed by atoms with E-state index in [1.165, 1.54) is 6.33 Å². The molecule has 0 radical (unpaired) electrons. The molecular weight excluding hydrogens is 352 g/mol. The fourth-order valence-corrected chi connectivity index (χ4v) is 2.68. The van der Waals surface area contributed by atoms with Crippen LogP contribution in [0.4, 0.5) is 11.5 Å². The lowest BCUT2D eigenvalue weighted by molar-refractivity contribution is 0.0945. The summed E-state index contributed by atoms with van der Waals surface area (Å²) in [4.78, 5) is 20.7. The summed E-state index contributed by atoms with van der Waals surface area (Å²) in [5.74, 6) is 1.11. The van der Waals surface area contributed by atoms with Crippen LogP contribution in [0.5, 0.6) is 5.75 Å². The number of aryl methyl sites for hydroxylation is 1. The van der Waals surface area contributed by atoms with Gasteiger partial charge in [0.05, 0.1) is 6.10 Å². The van der Waals surface area contributed by atoms with Gasteiger partial charge in [-0.25, -0.2) is 9.97 Å². The number of carbonyl (C=O) groups is 1. The molecule has 1 heterocycles. The molecule has 0 spiro atoms. The average Bonchev–Trinajstić information content (AvgIpc) is 2.67. The number of anilines is 2. The van der Waals surface area contributed by atoms with Crippen molar-refractivity contribution in [1.29, 1.82) is 0 Å². The number of ether oxygens (including phenoxy) is 1. The van der Waals surface area contributed by atoms with E-state index in [0.717, 1.165) is 22.6 Å². The molecule has 0 unspecified atom stereocenters. The minimum Gasteiger partial charge on any atom is -0.491 e. The van der Waals surface area contributed by atoms with Crippen LogP contribution in [-0.2, 0) is 6.54 Å². The van der Waals surface area contributed by atoms with Crippen LogP contribution in [-0.4, -0.2) is 22.0 Å². The molecule has 0 aliphatic rings. The number of amides is 1. The lowest BCUT2D eigenvalue weighted by Gasteiger charge is -2.11. The Hall–Kier alpha value is -3.41. The van der Waals surface area contributed by atoms with Crippen LogP contribution >= 0.6 is 0 Å². The molecular formula is C22H24N4O2. The zero-order chi connectivity index (χ0) is 19.9. The van der Waals surface area contributed by atoms with E-state index in [1.54, 1.807) is 6.07 Å². The van der Waals surface area contributed by atoms with Crippen molar-refractivity contribution in [3.05, 3.63) is 77.7 Å². The number of carbonyl (C=O) groups excluding carboxylic acids is 1. The summed E-state index contributed by atoms with van der Waals surface area (Å²) in [7, 11) is 0. The van der Waals surface area contributed by atoms with E-state index in [4.69, 9.17) is 4.74 Å². The largest absolute Gasteiger partial charge is 0.491 e. The lowest BCUT2D eigenvalue weighted by atomic mass is 10.1. The highest BCUT2D eigenvalue weighted by molar-refractivity contribution is 5.92. The Balaban J connectivity index is 1.62. The van der Waals surface area contributed by atoms with Gasteiger partial charge in [-0.2, -0.15) is 0 Å². The smallest absolute Gasteiger partial charge is 0.270 e. The fraction of sp³-hybridized carbons (Fsp3) is 0.227. The number of nitrogens with one attached hydrogen (secondary N) is 2. The number of hydrogen-bond donors (Lipinski definition) is 2. The molecule has 1 amide bonds. The number of benzene rings is 2. The van der Waals surface area contributed by atoms with Crippen LogP contribution in [0.1, 0.15) is 35.5 Å². The summed E-state index contributed by atoms with van der Waals surface area (Å²) < 4.78 is 5.63. The van der Waals surface area contributed by atoms with Gasteiger partial charge in [-0.05, 0) is 50.6 Å². The zero-order valence-electron chi connectivity index (χ0n) is 16.3. The van der Waals surface area contributed by atoms with Crippen LogP contribution in [0.15, 0.2) is 60.9 Å². The highest BCUT2D eigenvalue weighted by Gasteiger charge is 2.09. The third-order valence-electron chi connectivity index (χ3n) is 3.93. The molecule has 0 aliphatic carbocycles. The monoisotopic (exact) mass is 376 g/mol. The summed E-state index contributed by atoms with van der Waals surface area (Å²) in [6, 6.07) is 17.2. The van der Waals surface area contributed by atoms with E-state index in [9.17, 15) is 4.79 Å². The van der Waals surface area contributed by atoms with Crippen LogP contribution in [0.2, 0.25) is 0 Å². The Labute approximate surface area is 165 Å². The van der Waals surface area contributed by atoms with Gasteiger partial charge in [0.2, 0.25) is 0 Å². The third kappa shape index (κ3) is 5.54. The first-order chi connectivity index (χ1) is 13.5. The average molecular weight is 376 g/mol. The van der Waals surface area contributed by atoms with E-state index >= 15 is 0 Å². The molecule has 0 fully saturated rings. The molecule has 1 aromatic heterocycles. The molecule has 6 nitrogen and oxygen atoms in total. The molecule has 6 heteroatoms. The molecule has 3 aromatic rings. The van der Waals surface area contributed by atoms with Gasteiger partial charge >= 0.3 is 0 Å². The Bertz CT molecular complexity index is 939. The van der Waals surface area contributed by atoms with Gasteiger partial charge in [0.25, 0.3) is 5.91 Å². The van der Waals surface area contributed by atoms with Crippen molar-refractivity contribution < 1.29 is 9.53 Å². The van der Waals surface area contributed by atoms with E-state index in [2.05, 4.69) is 20.6 Å². The second-order valence-corrected chi connectivity index (χ2v) is 6.78. The first-order valence-electron chi connectivity index (χ1n) is 9.19. The quantitative estimate of drug-likeness (QED) is 0.645. The Kier molecular flexibility index (Phi) is 6.22. The van der Waals surface area contributed by atoms with Gasteiger partial charge in [-0.15, -0.1) is 0 Å². The van der Waals surface area contributed by atoms with E-state index < -0.39 is 0 Å². The normalized spacial score (nSPS) is 10.6. The van der Waals surface area contributed by atoms with Gasteiger partial charge < -0.3 is 15.4 Å². The number of rotatable bonds is 7. The summed E-state index contributed by atoms with van der Waals surface area (Å²) in [6.07, 6.45) is 1.50. The second-order valence-electron chi connectivity index (χ2n) is 6.78. The van der Waals surface area contributed by atoms with Crippen molar-refractivity contribution in [3.8, 4) is 5.75 Å². The van der Waals surface area contributed by atoms with E-state index in [1.807, 2.05) is 69.3 Å². The summed E-state index contributed by atoms with van der Waals surface area (Å²) in [5.41, 5.74) is 3.36. The van der Waals surface area contributed by atoms with Gasteiger partial charge in [0, 0.05) is 18.3 Å². The number of hydrogen-bond acceptors (Lipinski definition) is 5. The SMILES string of the molecule is Cc1cccc(CNC(=O)c2cc(Nc3ccc(OC(C)C)cc3)ncn2)c1. The van der Waals surface area contributed by atoms with Gasteiger partial charge in [0.15, 0.2) is 0 Å². The molecule has 0 saturated carbocycles. The predicted octanol–water partition coefficient (Wildman–Crippen LogP) is 4.25. The molecule has 28 heavy (non-hydrogen) atoms. The maximum Gasteiger partial charge on any atom is 0.270 e. The maximum atomic E-state index is 12.4. The Morgan fingerprint density at radius 1 is 1.07 bits per heavy atom. The summed E-state index contributed by atoms with van der Waals surface area (Å²) in [6.45, 7) is 6.44. The van der Waals surface area contributed by atoms with Crippen molar-refractivity contribution in [2.45, 2.75) is 33.4 Å². The number of nitrogens with zero attached hydrogens (tertiary/aromatic N) is 2. The minimum atomic E-state index is -0.243. The van der Waals surface area contributed by atoms with E-state index in [0.29, 0.717) is 18.1 Å². The highest BCUT2D eigenvalue weighted by atomic mass is 16.5. The molecule has 144 valence electrons. The molecule has 0 saturated heterocycles. The lowest BCUT2D eigenvalue weighted by Crippen LogP contribution is -2.24. The van der Waals surface area contributed by atoms with Crippen LogP contribution < -0.4 is 15.4 Å². The highest BCUT2D eigenvalue weighted by Crippen LogP contribution is 2.20. The molecule has 2 N–H and O–H groups in total. The van der Waals surface area contributed by atoms with Crippen molar-refractivity contribution in [2.75, 3.05) is 5.32 Å². The van der Waals surface area contributed by atoms with Crippen molar-refractivity contribution >= 4 is 17.4 Å². The van der Waals surface area contributed by atoms with Crippen molar-refractivity contribution in [2.24, 2.45) is 0 Å². The van der Waals surface area contributed by atoms with Gasteiger partial charge in [0.1, 0.15) is 23.6 Å². The molecule has 0 aliphatic heterocycles. The van der Waals surface area contributed by atoms with Gasteiger partial charge in [-0.1, -0.05) is 29.8 Å². The van der Waals surface area contributed by atoms with Crippen LogP contribution in [0, 0.1) is 6.92 Å². The minimum absolute atomic E-state index is 0.126. The second kappa shape index (κ2) is 8.99. The standard InChI is InChI=1S/C22H24N4O2/c1-15(2)28-19-9-7-18(8-10-19)26-21-12-20(24-14-25-21)22(27)23-13-17-6-4-5-16(3)11-17/h4-12,14-15H,13H2,1-3H3,(H,23,27)(H,24,25,26). The van der Waals surface area contributed by atoms with Crippen molar-refractivity contribution in [3.63, 3.8) is 0 Å². The maximum absolute atomic E-state index is 12.4. The molecule has 0 bridgehead atoms. The van der Waals surface area contributed by atoms with Crippen LogP contribution in [0.25, 0.3) is 0 Å².